The summed E-state index contributed by atoms with van der Waals surface area (Å²) in [6.07, 6.45) is 0.530. The molecule has 2 aromatic carbocycles. The van der Waals surface area contributed by atoms with Gasteiger partial charge in [-0.2, -0.15) is 0 Å². The van der Waals surface area contributed by atoms with E-state index < -0.39 is 0 Å². The van der Waals surface area contributed by atoms with Crippen molar-refractivity contribution in [2.75, 3.05) is 39.3 Å². The van der Waals surface area contributed by atoms with Crippen molar-refractivity contribution < 1.29 is 19.0 Å². The number of aryl methyl sites for hydroxylation is 1. The van der Waals surface area contributed by atoms with Gasteiger partial charge in [-0.25, -0.2) is 4.39 Å². The number of hydrogen-bond donors (Lipinski definition) is 3. The molecule has 144 valence electrons. The quantitative estimate of drug-likeness (QED) is 0.619. The van der Waals surface area contributed by atoms with Gasteiger partial charge in [0, 0.05) is 12.1 Å². The molecule has 1 amide bonds. The Labute approximate surface area is 161 Å². The highest BCUT2D eigenvalue weighted by Gasteiger charge is 2.24. The smallest absolute Gasteiger partial charge is 0.275 e. The second-order valence-corrected chi connectivity index (χ2v) is 7.53. The van der Waals surface area contributed by atoms with Crippen molar-refractivity contribution in [1.29, 1.82) is 0 Å². The topological polar surface area (TPSA) is 38.0 Å². The van der Waals surface area contributed by atoms with Crippen LogP contribution in [0.15, 0.2) is 48.5 Å². The maximum absolute atomic E-state index is 13.6. The number of amides is 1. The molecule has 1 fully saturated rings. The Bertz CT molecular complexity index is 757. The second-order valence-electron chi connectivity index (χ2n) is 7.53. The molecule has 0 spiro atoms. The van der Waals surface area contributed by atoms with E-state index in [9.17, 15) is 9.18 Å². The highest BCUT2D eigenvalue weighted by molar-refractivity contribution is 5.76. The van der Waals surface area contributed by atoms with Gasteiger partial charge in [-0.05, 0) is 25.0 Å². The van der Waals surface area contributed by atoms with Crippen LogP contribution in [-0.2, 0) is 17.8 Å². The Balaban J connectivity index is 1.35. The summed E-state index contributed by atoms with van der Waals surface area (Å²) in [5, 5.41) is 2.93. The number of hydrogen-bond acceptors (Lipinski definition) is 1. The van der Waals surface area contributed by atoms with Crippen LogP contribution in [0.25, 0.3) is 0 Å². The molecule has 0 atom stereocenters. The van der Waals surface area contributed by atoms with E-state index in [4.69, 9.17) is 0 Å². The minimum absolute atomic E-state index is 0.0588. The normalized spacial score (nSPS) is 19.6. The summed E-state index contributed by atoms with van der Waals surface area (Å²) in [4.78, 5) is 15.1. The van der Waals surface area contributed by atoms with E-state index >= 15 is 0 Å². The van der Waals surface area contributed by atoms with E-state index in [1.54, 1.807) is 17.0 Å². The number of carbonyl (C=O) groups excluding carboxylic acids is 1. The number of nitrogens with one attached hydrogen (secondary N) is 3. The molecule has 1 aliphatic rings. The lowest BCUT2D eigenvalue weighted by Gasteiger charge is -2.29. The zero-order chi connectivity index (χ0) is 19.1. The van der Waals surface area contributed by atoms with Crippen molar-refractivity contribution >= 4 is 5.91 Å². The van der Waals surface area contributed by atoms with E-state index in [-0.39, 0.29) is 11.7 Å². The van der Waals surface area contributed by atoms with Crippen molar-refractivity contribution in [3.8, 4) is 0 Å². The van der Waals surface area contributed by atoms with Crippen molar-refractivity contribution in [2.45, 2.75) is 19.9 Å². The molecule has 5 heteroatoms. The summed E-state index contributed by atoms with van der Waals surface area (Å²) in [6, 6.07) is 15.4. The highest BCUT2D eigenvalue weighted by atomic mass is 19.1. The van der Waals surface area contributed by atoms with E-state index in [2.05, 4.69) is 36.5 Å². The third-order valence-corrected chi connectivity index (χ3v) is 5.29. The Morgan fingerprint density at radius 1 is 1.04 bits per heavy atom. The molecule has 27 heavy (non-hydrogen) atoms. The van der Waals surface area contributed by atoms with Gasteiger partial charge in [-0.3, -0.25) is 4.79 Å². The number of rotatable bonds is 7. The van der Waals surface area contributed by atoms with Crippen LogP contribution >= 0.6 is 0 Å². The first-order valence-electron chi connectivity index (χ1n) is 9.83. The molecule has 4 nitrogen and oxygen atoms in total. The maximum atomic E-state index is 13.6. The molecular formula is C22H30FN3O+2. The number of piperazine rings is 1. The van der Waals surface area contributed by atoms with Crippen LogP contribution in [0.2, 0.25) is 0 Å². The first kappa shape index (κ1) is 19.5. The zero-order valence-corrected chi connectivity index (χ0v) is 16.1. The lowest BCUT2D eigenvalue weighted by Crippen LogP contribution is -3.28. The van der Waals surface area contributed by atoms with E-state index in [1.807, 2.05) is 6.07 Å². The Kier molecular flexibility index (Phi) is 6.96. The highest BCUT2D eigenvalue weighted by Crippen LogP contribution is 2.06. The lowest BCUT2D eigenvalue weighted by atomic mass is 10.1. The molecule has 1 aliphatic heterocycles. The van der Waals surface area contributed by atoms with E-state index in [0.29, 0.717) is 25.1 Å². The standard InChI is InChI=1S/C22H28FN3O/c1-18-5-4-6-19(15-18)16-25-11-13-26(14-12-25)17-22(27)24-10-9-20-7-2-3-8-21(20)23/h2-8,15H,9-14,16-17H2,1H3,(H,24,27)/p+2. The molecule has 0 aliphatic carbocycles. The van der Waals surface area contributed by atoms with Crippen LogP contribution in [0.4, 0.5) is 4.39 Å². The summed E-state index contributed by atoms with van der Waals surface area (Å²) in [5.41, 5.74) is 3.35. The molecule has 2 aromatic rings. The van der Waals surface area contributed by atoms with Crippen molar-refractivity contribution in [2.24, 2.45) is 0 Å². The average molecular weight is 372 g/mol. The fourth-order valence-corrected chi connectivity index (χ4v) is 3.75. The predicted octanol–water partition coefficient (Wildman–Crippen LogP) is -0.224. The fourth-order valence-electron chi connectivity index (χ4n) is 3.75. The monoisotopic (exact) mass is 371 g/mol. The van der Waals surface area contributed by atoms with Crippen LogP contribution in [0.3, 0.4) is 0 Å². The largest absolute Gasteiger partial charge is 0.351 e. The first-order valence-corrected chi connectivity index (χ1v) is 9.83. The third kappa shape index (κ3) is 6.15. The third-order valence-electron chi connectivity index (χ3n) is 5.29. The number of quaternary nitrogens is 2. The molecule has 0 bridgehead atoms. The van der Waals surface area contributed by atoms with Gasteiger partial charge < -0.3 is 15.1 Å². The van der Waals surface area contributed by atoms with Gasteiger partial charge in [-0.15, -0.1) is 0 Å². The zero-order valence-electron chi connectivity index (χ0n) is 16.1. The molecule has 1 saturated heterocycles. The van der Waals surface area contributed by atoms with Crippen LogP contribution in [0, 0.1) is 12.7 Å². The molecule has 3 N–H and O–H groups in total. The van der Waals surface area contributed by atoms with E-state index in [0.717, 1.165) is 32.7 Å². The summed E-state index contributed by atoms with van der Waals surface area (Å²) in [6.45, 7) is 8.39. The molecular weight excluding hydrogens is 341 g/mol. The number of carbonyl (C=O) groups is 1. The van der Waals surface area contributed by atoms with Crippen LogP contribution < -0.4 is 15.1 Å². The first-order chi connectivity index (χ1) is 13.1. The van der Waals surface area contributed by atoms with Gasteiger partial charge in [-0.1, -0.05) is 48.0 Å². The molecule has 0 aromatic heterocycles. The number of benzene rings is 2. The summed E-state index contributed by atoms with van der Waals surface area (Å²) >= 11 is 0. The molecule has 1 heterocycles. The Morgan fingerprint density at radius 3 is 2.52 bits per heavy atom. The number of halogens is 1. The lowest BCUT2D eigenvalue weighted by molar-refractivity contribution is -1.02. The molecule has 0 radical (unpaired) electrons. The summed E-state index contributed by atoms with van der Waals surface area (Å²) < 4.78 is 13.6. The van der Waals surface area contributed by atoms with Crippen molar-refractivity contribution in [3.63, 3.8) is 0 Å². The van der Waals surface area contributed by atoms with Gasteiger partial charge in [0.1, 0.15) is 38.5 Å². The minimum atomic E-state index is -0.204. The minimum Gasteiger partial charge on any atom is -0.351 e. The van der Waals surface area contributed by atoms with Crippen LogP contribution in [0.1, 0.15) is 16.7 Å². The Hall–Kier alpha value is -2.24. The Morgan fingerprint density at radius 2 is 1.78 bits per heavy atom. The predicted molar refractivity (Wildman–Crippen MR) is 104 cm³/mol. The van der Waals surface area contributed by atoms with Gasteiger partial charge in [0.05, 0.1) is 0 Å². The van der Waals surface area contributed by atoms with Gasteiger partial charge in [0.2, 0.25) is 0 Å². The summed E-state index contributed by atoms with van der Waals surface area (Å²) in [7, 11) is 0. The second kappa shape index (κ2) is 9.62. The van der Waals surface area contributed by atoms with Crippen molar-refractivity contribution in [1.82, 2.24) is 5.32 Å². The summed E-state index contributed by atoms with van der Waals surface area (Å²) in [5.74, 6) is -0.145. The van der Waals surface area contributed by atoms with Crippen LogP contribution in [-0.4, -0.2) is 45.2 Å². The SMILES string of the molecule is Cc1cccc(C[NH+]2CC[NH+](CC(=O)NCCc3ccccc3F)CC2)c1. The fraction of sp³-hybridized carbons (Fsp3) is 0.409. The van der Waals surface area contributed by atoms with Crippen molar-refractivity contribution in [3.05, 3.63) is 71.0 Å². The van der Waals surface area contributed by atoms with Gasteiger partial charge in [0.25, 0.3) is 5.91 Å². The van der Waals surface area contributed by atoms with Gasteiger partial charge >= 0.3 is 0 Å². The molecule has 0 saturated carbocycles. The van der Waals surface area contributed by atoms with Crippen LogP contribution in [0.5, 0.6) is 0 Å². The average Bonchev–Trinajstić information content (AvgIpc) is 2.65. The van der Waals surface area contributed by atoms with Gasteiger partial charge in [0.15, 0.2) is 6.54 Å². The van der Waals surface area contributed by atoms with E-state index in [1.165, 1.54) is 22.1 Å². The maximum Gasteiger partial charge on any atom is 0.275 e. The molecule has 3 rings (SSSR count). The molecule has 0 unspecified atom stereocenters.